The Balaban J connectivity index is 1.56. The van der Waals surface area contributed by atoms with E-state index >= 15 is 0 Å². The first-order valence-corrected chi connectivity index (χ1v) is 11.1. The summed E-state index contributed by atoms with van der Waals surface area (Å²) in [7, 11) is 1.66. The number of fused-ring (bicyclic) bond motifs is 2. The van der Waals surface area contributed by atoms with Crippen LogP contribution in [0.15, 0.2) is 48.7 Å². The van der Waals surface area contributed by atoms with Crippen molar-refractivity contribution in [3.05, 3.63) is 59.8 Å². The number of nitrogens with zero attached hydrogens (tertiary/aromatic N) is 5. The second-order valence-corrected chi connectivity index (χ2v) is 8.67. The van der Waals surface area contributed by atoms with Crippen molar-refractivity contribution in [2.75, 3.05) is 26.8 Å². The number of hydrogen-bond acceptors (Lipinski definition) is 6. The van der Waals surface area contributed by atoms with Crippen molar-refractivity contribution in [1.29, 1.82) is 0 Å². The van der Waals surface area contributed by atoms with Gasteiger partial charge in [0, 0.05) is 37.8 Å². The third-order valence-corrected chi connectivity index (χ3v) is 6.25. The summed E-state index contributed by atoms with van der Waals surface area (Å²) < 4.78 is 49.0. The van der Waals surface area contributed by atoms with Gasteiger partial charge in [0.2, 0.25) is 0 Å². The van der Waals surface area contributed by atoms with E-state index in [2.05, 4.69) is 10.2 Å². The summed E-state index contributed by atoms with van der Waals surface area (Å²) >= 11 is 0. The van der Waals surface area contributed by atoms with E-state index in [0.29, 0.717) is 36.7 Å². The molecule has 0 saturated carbocycles. The fraction of sp³-hybridized carbons (Fsp3) is 0.375. The van der Waals surface area contributed by atoms with E-state index < -0.39 is 12.2 Å². The molecule has 0 aliphatic carbocycles. The second-order valence-electron chi connectivity index (χ2n) is 8.67. The molecule has 5 rings (SSSR count). The lowest BCUT2D eigenvalue weighted by Gasteiger charge is -2.30. The molecular weight excluding hydrogens is 445 g/mol. The third-order valence-electron chi connectivity index (χ3n) is 6.25. The Morgan fingerprint density at radius 2 is 1.97 bits per heavy atom. The van der Waals surface area contributed by atoms with Gasteiger partial charge in [-0.15, -0.1) is 10.2 Å². The largest absolute Gasteiger partial charge is 0.408 e. The van der Waals surface area contributed by atoms with Crippen molar-refractivity contribution in [2.24, 2.45) is 5.73 Å². The predicted octanol–water partition coefficient (Wildman–Crippen LogP) is 3.77. The summed E-state index contributed by atoms with van der Waals surface area (Å²) in [4.78, 5) is 6.13. The first-order chi connectivity index (χ1) is 16.3. The number of alkyl halides is 3. The number of rotatable bonds is 6. The van der Waals surface area contributed by atoms with Crippen LogP contribution in [0.1, 0.15) is 23.6 Å². The topological polar surface area (TPSA) is 81.6 Å². The van der Waals surface area contributed by atoms with Crippen LogP contribution in [0.25, 0.3) is 28.1 Å². The number of hydrogen-bond donors (Lipinski definition) is 1. The van der Waals surface area contributed by atoms with Crippen molar-refractivity contribution in [2.45, 2.75) is 31.1 Å². The molecule has 34 heavy (non-hydrogen) atoms. The zero-order valence-electron chi connectivity index (χ0n) is 18.7. The molecule has 1 saturated heterocycles. The van der Waals surface area contributed by atoms with Crippen molar-refractivity contribution < 1.29 is 17.9 Å². The SMILES string of the molecule is COCCc1ccc2ccc(-c3nnc4ccc([C@@H](N5CC[C@H](N)C5)C(F)(F)F)cn34)nc2c1. The molecule has 2 atom stereocenters. The number of ether oxygens (including phenoxy) is 1. The zero-order chi connectivity index (χ0) is 23.9. The van der Waals surface area contributed by atoms with Crippen molar-refractivity contribution in [3.8, 4) is 11.5 Å². The standard InChI is InChI=1S/C24H25F3N6O/c1-34-11-9-15-2-3-16-4-6-19(29-20(16)12-15)23-31-30-21-7-5-17(13-33(21)23)22(24(25,26)27)32-10-8-18(28)14-32/h2-7,12-13,18,22H,8-11,14,28H2,1H3/t18-,22+/m0/s1. The van der Waals surface area contributed by atoms with E-state index in [9.17, 15) is 13.2 Å². The molecule has 4 heterocycles. The normalized spacial score (nSPS) is 18.2. The Bertz CT molecular complexity index is 1320. The van der Waals surface area contributed by atoms with Crippen LogP contribution in [0.2, 0.25) is 0 Å². The van der Waals surface area contributed by atoms with E-state index in [0.717, 1.165) is 22.9 Å². The fourth-order valence-electron chi connectivity index (χ4n) is 4.56. The van der Waals surface area contributed by atoms with Crippen LogP contribution in [0, 0.1) is 0 Å². The maximum absolute atomic E-state index is 14.1. The summed E-state index contributed by atoms with van der Waals surface area (Å²) in [6.07, 6.45) is -1.67. The highest BCUT2D eigenvalue weighted by molar-refractivity contribution is 5.81. The highest BCUT2D eigenvalue weighted by atomic mass is 19.4. The van der Waals surface area contributed by atoms with Crippen molar-refractivity contribution >= 4 is 16.6 Å². The monoisotopic (exact) mass is 470 g/mol. The second kappa shape index (κ2) is 8.94. The molecule has 0 radical (unpaired) electrons. The molecule has 0 unspecified atom stereocenters. The maximum atomic E-state index is 14.1. The number of pyridine rings is 2. The van der Waals surface area contributed by atoms with Gasteiger partial charge < -0.3 is 10.5 Å². The fourth-order valence-corrected chi connectivity index (χ4v) is 4.56. The first-order valence-electron chi connectivity index (χ1n) is 11.1. The average Bonchev–Trinajstić information content (AvgIpc) is 3.42. The Morgan fingerprint density at radius 1 is 1.15 bits per heavy atom. The van der Waals surface area contributed by atoms with Gasteiger partial charge in [0.15, 0.2) is 11.5 Å². The molecule has 1 aromatic carbocycles. The zero-order valence-corrected chi connectivity index (χ0v) is 18.7. The minimum Gasteiger partial charge on any atom is -0.384 e. The smallest absolute Gasteiger partial charge is 0.384 e. The van der Waals surface area contributed by atoms with Gasteiger partial charge in [-0.3, -0.25) is 9.30 Å². The first kappa shape index (κ1) is 22.7. The third kappa shape index (κ3) is 4.36. The summed E-state index contributed by atoms with van der Waals surface area (Å²) in [5.41, 5.74) is 8.87. The van der Waals surface area contributed by atoms with Crippen LogP contribution in [0.5, 0.6) is 0 Å². The molecule has 0 spiro atoms. The van der Waals surface area contributed by atoms with Gasteiger partial charge in [-0.2, -0.15) is 13.2 Å². The molecule has 1 fully saturated rings. The Labute approximate surface area is 194 Å². The van der Waals surface area contributed by atoms with Gasteiger partial charge in [0.05, 0.1) is 12.1 Å². The number of halogens is 3. The lowest BCUT2D eigenvalue weighted by Crippen LogP contribution is -2.38. The number of aromatic nitrogens is 4. The molecule has 2 N–H and O–H groups in total. The maximum Gasteiger partial charge on any atom is 0.408 e. The lowest BCUT2D eigenvalue weighted by atomic mass is 10.1. The molecule has 0 bridgehead atoms. The van der Waals surface area contributed by atoms with E-state index in [4.69, 9.17) is 15.5 Å². The highest BCUT2D eigenvalue weighted by Crippen LogP contribution is 2.39. The van der Waals surface area contributed by atoms with E-state index in [1.54, 1.807) is 23.6 Å². The van der Waals surface area contributed by atoms with Gasteiger partial charge in [-0.25, -0.2) is 4.98 Å². The molecule has 0 amide bonds. The summed E-state index contributed by atoms with van der Waals surface area (Å²) in [6, 6.07) is 10.8. The minimum atomic E-state index is -4.44. The molecule has 1 aliphatic rings. The van der Waals surface area contributed by atoms with Gasteiger partial charge in [-0.05, 0) is 42.2 Å². The molecule has 3 aromatic heterocycles. The van der Waals surface area contributed by atoms with E-state index in [1.807, 2.05) is 24.3 Å². The summed E-state index contributed by atoms with van der Waals surface area (Å²) in [5.74, 6) is 0.389. The lowest BCUT2D eigenvalue weighted by molar-refractivity contribution is -0.183. The Morgan fingerprint density at radius 3 is 2.71 bits per heavy atom. The minimum absolute atomic E-state index is 0.123. The quantitative estimate of drug-likeness (QED) is 0.462. The summed E-state index contributed by atoms with van der Waals surface area (Å²) in [5, 5.41) is 9.34. The van der Waals surface area contributed by atoms with E-state index in [-0.39, 0.29) is 18.2 Å². The van der Waals surface area contributed by atoms with Crippen molar-refractivity contribution in [3.63, 3.8) is 0 Å². The van der Waals surface area contributed by atoms with E-state index in [1.165, 1.54) is 17.2 Å². The summed E-state index contributed by atoms with van der Waals surface area (Å²) in [6.45, 7) is 1.11. The number of likely N-dealkylation sites (tertiary alicyclic amines) is 1. The number of benzene rings is 1. The molecule has 4 aromatic rings. The number of methoxy groups -OCH3 is 1. The molecule has 178 valence electrons. The van der Waals surface area contributed by atoms with Gasteiger partial charge in [0.25, 0.3) is 0 Å². The van der Waals surface area contributed by atoms with Crippen molar-refractivity contribution in [1.82, 2.24) is 24.5 Å². The number of nitrogens with two attached hydrogens (primary N) is 1. The highest BCUT2D eigenvalue weighted by Gasteiger charge is 2.46. The molecule has 7 nitrogen and oxygen atoms in total. The molecular formula is C24H25F3N6O. The Hall–Kier alpha value is -3.08. The van der Waals surface area contributed by atoms with Crippen LogP contribution in [-0.4, -0.2) is 63.5 Å². The predicted molar refractivity (Wildman–Crippen MR) is 122 cm³/mol. The molecule has 10 heteroatoms. The van der Waals surface area contributed by atoms with Crippen LogP contribution in [-0.2, 0) is 11.2 Å². The van der Waals surface area contributed by atoms with Gasteiger partial charge in [-0.1, -0.05) is 24.3 Å². The van der Waals surface area contributed by atoms with Gasteiger partial charge >= 0.3 is 6.18 Å². The van der Waals surface area contributed by atoms with Crippen LogP contribution < -0.4 is 5.73 Å². The van der Waals surface area contributed by atoms with Gasteiger partial charge in [0.1, 0.15) is 11.7 Å². The molecule has 1 aliphatic heterocycles. The van der Waals surface area contributed by atoms with Crippen LogP contribution in [0.4, 0.5) is 13.2 Å². The van der Waals surface area contributed by atoms with Crippen LogP contribution >= 0.6 is 0 Å². The average molecular weight is 470 g/mol. The van der Waals surface area contributed by atoms with Crippen LogP contribution in [0.3, 0.4) is 0 Å². The Kier molecular flexibility index (Phi) is 5.97.